The van der Waals surface area contributed by atoms with Crippen LogP contribution in [0.1, 0.15) is 18.2 Å². The molecule has 3 atom stereocenters. The number of nitrogens with one attached hydrogen (secondary N) is 2. The van der Waals surface area contributed by atoms with Gasteiger partial charge in [-0.15, -0.1) is 0 Å². The number of aromatic nitrogens is 1. The molecule has 8 N–H and O–H groups in total. The Morgan fingerprint density at radius 1 is 1.33 bits per heavy atom. The molecule has 20 heteroatoms. The lowest BCUT2D eigenvalue weighted by Gasteiger charge is -2.42. The van der Waals surface area contributed by atoms with E-state index >= 15 is 0 Å². The van der Waals surface area contributed by atoms with E-state index in [1.165, 1.54) is 6.92 Å². The number of anilines is 1. The Balaban J connectivity index is 1.46. The van der Waals surface area contributed by atoms with Gasteiger partial charge in [-0.2, -0.15) is 8.42 Å². The van der Waals surface area contributed by atoms with Crippen molar-refractivity contribution in [3.63, 3.8) is 0 Å². The Labute approximate surface area is 247 Å². The largest absolute Gasteiger partial charge is 0.489 e. The number of aliphatic imine (C=N–C) groups is 1. The molecule has 2 saturated heterocycles. The average Bonchev–Trinajstić information content (AvgIpc) is 3.23. The molecule has 0 spiro atoms. The quantitative estimate of drug-likeness (QED) is 0.0523. The van der Waals surface area contributed by atoms with Crippen LogP contribution in [0.15, 0.2) is 34.4 Å². The summed E-state index contributed by atoms with van der Waals surface area (Å²) in [5.74, 6) is -3.08. The molecule has 1 unspecified atom stereocenters. The molecule has 2 amide bonds. The van der Waals surface area contributed by atoms with Crippen molar-refractivity contribution in [3.8, 4) is 5.75 Å². The van der Waals surface area contributed by atoms with E-state index in [2.05, 4.69) is 25.8 Å². The summed E-state index contributed by atoms with van der Waals surface area (Å²) in [6, 6.07) is 4.02. The van der Waals surface area contributed by atoms with E-state index in [0.29, 0.717) is 11.4 Å². The smallest absolute Gasteiger partial charge is 0.362 e. The van der Waals surface area contributed by atoms with Crippen LogP contribution < -0.4 is 26.8 Å². The number of halogens is 1. The Morgan fingerprint density at radius 3 is 2.50 bits per heavy atom. The fourth-order valence-electron chi connectivity index (χ4n) is 3.76. The first-order chi connectivity index (χ1) is 19.8. The third kappa shape index (κ3) is 6.87. The Kier molecular flexibility index (Phi) is 9.16. The lowest BCUT2D eigenvalue weighted by molar-refractivity contribution is -0.152. The van der Waals surface area contributed by atoms with Crippen molar-refractivity contribution >= 4 is 67.7 Å². The van der Waals surface area contributed by atoms with Gasteiger partial charge >= 0.3 is 16.3 Å². The maximum absolute atomic E-state index is 13.1. The highest BCUT2D eigenvalue weighted by Gasteiger charge is 2.51. The number of carboxylic acids is 1. The van der Waals surface area contributed by atoms with Gasteiger partial charge in [0.1, 0.15) is 34.3 Å². The van der Waals surface area contributed by atoms with E-state index in [9.17, 15) is 27.9 Å². The molecule has 1 aromatic carbocycles. The number of rotatable bonds is 12. The zero-order valence-electron chi connectivity index (χ0n) is 21.6. The number of carboxylic acid groups (broad SMARTS) is 1. The second-order valence-electron chi connectivity index (χ2n) is 9.01. The molecule has 1 aromatic heterocycles. The molecule has 0 radical (unpaired) electrons. The summed E-state index contributed by atoms with van der Waals surface area (Å²) in [4.78, 5) is 50.5. The van der Waals surface area contributed by atoms with Gasteiger partial charge in [-0.3, -0.25) is 19.1 Å². The molecule has 17 nitrogen and oxygen atoms in total. The number of hydrogen-bond acceptors (Lipinski definition) is 13. The second kappa shape index (κ2) is 12.4. The number of carbonyl (C=O) groups excluding carboxylic acids is 2. The molecule has 42 heavy (non-hydrogen) atoms. The highest BCUT2D eigenvalue weighted by atomic mass is 35.5. The summed E-state index contributed by atoms with van der Waals surface area (Å²) < 4.78 is 37.5. The van der Waals surface area contributed by atoms with Crippen molar-refractivity contribution in [1.29, 1.82) is 0 Å². The van der Waals surface area contributed by atoms with Crippen LogP contribution >= 0.6 is 22.9 Å². The SMILES string of the molecule is C[C@H]1[C@H](NC(=O)/C(=N\OC(COc2ccc(C(N)=NC3CNC3)cc2)C(=O)O)c2nc(N)sc2Cl)C(=O)N1S(=O)(=O)O. The van der Waals surface area contributed by atoms with Gasteiger partial charge in [0.15, 0.2) is 10.8 Å². The van der Waals surface area contributed by atoms with Crippen LogP contribution in [0.2, 0.25) is 4.34 Å². The average molecular weight is 645 g/mol. The van der Waals surface area contributed by atoms with Gasteiger partial charge in [0.25, 0.3) is 17.9 Å². The molecular formula is C22H25ClN8O9S2. The number of oxime groups is 1. The van der Waals surface area contributed by atoms with Gasteiger partial charge in [0, 0.05) is 18.7 Å². The number of amidine groups is 1. The van der Waals surface area contributed by atoms with Crippen LogP contribution in [-0.2, 0) is 29.5 Å². The Bertz CT molecular complexity index is 1540. The normalized spacial score (nSPS) is 20.4. The molecule has 2 aliphatic rings. The van der Waals surface area contributed by atoms with E-state index in [4.69, 9.17) is 37.2 Å². The predicted octanol–water partition coefficient (Wildman–Crippen LogP) is -1.17. The summed E-state index contributed by atoms with van der Waals surface area (Å²) in [5.41, 5.74) is 11.4. The van der Waals surface area contributed by atoms with E-state index < -0.39 is 58.6 Å². The first kappa shape index (κ1) is 30.9. The van der Waals surface area contributed by atoms with Gasteiger partial charge in [0.2, 0.25) is 0 Å². The monoisotopic (exact) mass is 644 g/mol. The first-order valence-electron chi connectivity index (χ1n) is 12.0. The number of hydrogen-bond donors (Lipinski definition) is 6. The van der Waals surface area contributed by atoms with Crippen LogP contribution in [0.5, 0.6) is 5.75 Å². The third-order valence-corrected chi connectivity index (χ3v) is 8.19. The molecule has 3 heterocycles. The van der Waals surface area contributed by atoms with Crippen LogP contribution in [0.4, 0.5) is 5.13 Å². The lowest BCUT2D eigenvalue weighted by atomic mass is 10.0. The van der Waals surface area contributed by atoms with Gasteiger partial charge in [-0.25, -0.2) is 14.1 Å². The highest BCUT2D eigenvalue weighted by molar-refractivity contribution is 7.84. The van der Waals surface area contributed by atoms with E-state index in [1.54, 1.807) is 24.3 Å². The minimum atomic E-state index is -4.84. The van der Waals surface area contributed by atoms with Crippen LogP contribution in [0.3, 0.4) is 0 Å². The zero-order chi connectivity index (χ0) is 30.8. The Morgan fingerprint density at radius 2 is 2.00 bits per heavy atom. The molecule has 2 aliphatic heterocycles. The van der Waals surface area contributed by atoms with E-state index in [0.717, 1.165) is 24.4 Å². The number of amides is 2. The molecule has 4 rings (SSSR count). The van der Waals surface area contributed by atoms with Gasteiger partial charge in [0.05, 0.1) is 12.1 Å². The fraction of sp³-hybridized carbons (Fsp3) is 0.364. The number of ether oxygens (including phenoxy) is 1. The lowest BCUT2D eigenvalue weighted by Crippen LogP contribution is -2.71. The molecule has 2 fully saturated rings. The number of β-lactam (4-membered cyclic amide) rings is 1. The number of nitrogens with zero attached hydrogens (tertiary/aromatic N) is 4. The molecule has 0 saturated carbocycles. The van der Waals surface area contributed by atoms with Crippen molar-refractivity contribution in [1.82, 2.24) is 19.9 Å². The van der Waals surface area contributed by atoms with Crippen molar-refractivity contribution in [3.05, 3.63) is 39.9 Å². The summed E-state index contributed by atoms with van der Waals surface area (Å²) in [7, 11) is -4.84. The van der Waals surface area contributed by atoms with Crippen molar-refractivity contribution in [2.45, 2.75) is 31.2 Å². The molecular weight excluding hydrogens is 620 g/mol. The number of nitrogen functional groups attached to an aromatic ring is 1. The van der Waals surface area contributed by atoms with Crippen LogP contribution in [0.25, 0.3) is 0 Å². The predicted molar refractivity (Wildman–Crippen MR) is 150 cm³/mol. The van der Waals surface area contributed by atoms with Gasteiger partial charge in [-0.05, 0) is 31.2 Å². The van der Waals surface area contributed by atoms with Crippen LogP contribution in [0, 0.1) is 0 Å². The van der Waals surface area contributed by atoms with Crippen molar-refractivity contribution < 1.29 is 42.0 Å². The van der Waals surface area contributed by atoms with E-state index in [1.807, 2.05) is 0 Å². The number of benzene rings is 1. The number of carbonyl (C=O) groups is 3. The Hall–Kier alpha value is -4.04. The fourth-order valence-corrected chi connectivity index (χ4v) is 5.57. The van der Waals surface area contributed by atoms with E-state index in [-0.39, 0.29) is 31.3 Å². The summed E-state index contributed by atoms with van der Waals surface area (Å²) >= 11 is 6.90. The second-order valence-corrected chi connectivity index (χ2v) is 11.9. The minimum Gasteiger partial charge on any atom is -0.489 e. The summed E-state index contributed by atoms with van der Waals surface area (Å²) in [6.07, 6.45) is -1.72. The minimum absolute atomic E-state index is 0.0577. The van der Waals surface area contributed by atoms with Crippen LogP contribution in [-0.4, -0.2) is 101 Å². The molecule has 0 bridgehead atoms. The molecule has 2 aromatic rings. The summed E-state index contributed by atoms with van der Waals surface area (Å²) in [6.45, 7) is 2.21. The topological polar surface area (TPSA) is 261 Å². The standard InChI is InChI=1S/C22H25ClN8O9S2/c1-9-14(20(33)31(9)42(36,37)38)28-19(32)16(15-17(23)41-22(25)29-15)30-40-13(21(34)35)8-39-12-4-2-10(3-5-12)18(24)27-11-6-26-7-11/h2-5,9,11,13-14,26H,6-8H2,1H3,(H2,24,27)(H2,25,29)(H,28,32)(H,34,35)(H,36,37,38)/b30-16-/t9-,13?,14-/m0/s1. The summed E-state index contributed by atoms with van der Waals surface area (Å²) in [5, 5.41) is 18.5. The number of nitrogens with two attached hydrogens (primary N) is 2. The third-order valence-electron chi connectivity index (χ3n) is 6.09. The van der Waals surface area contributed by atoms with Crippen molar-refractivity contribution in [2.75, 3.05) is 25.4 Å². The maximum Gasteiger partial charge on any atom is 0.362 e. The van der Waals surface area contributed by atoms with Gasteiger partial charge in [-0.1, -0.05) is 28.1 Å². The van der Waals surface area contributed by atoms with Crippen molar-refractivity contribution in [2.24, 2.45) is 15.9 Å². The first-order valence-corrected chi connectivity index (χ1v) is 14.6. The maximum atomic E-state index is 13.1. The molecule has 226 valence electrons. The molecule has 0 aliphatic carbocycles. The number of aliphatic carboxylic acids is 1. The van der Waals surface area contributed by atoms with Gasteiger partial charge < -0.3 is 36.8 Å². The zero-order valence-corrected chi connectivity index (χ0v) is 24.0. The number of thiazole rings is 1. The highest BCUT2D eigenvalue weighted by Crippen LogP contribution is 2.28.